The van der Waals surface area contributed by atoms with Crippen molar-refractivity contribution in [1.82, 2.24) is 15.1 Å². The molecule has 0 aliphatic heterocycles. The highest BCUT2D eigenvalue weighted by atomic mass is 16.2. The van der Waals surface area contributed by atoms with Crippen molar-refractivity contribution in [2.24, 2.45) is 0 Å². The monoisotopic (exact) mass is 267 g/mol. The van der Waals surface area contributed by atoms with Crippen molar-refractivity contribution in [1.29, 1.82) is 0 Å². The Bertz CT molecular complexity index is 591. The van der Waals surface area contributed by atoms with Crippen molar-refractivity contribution >= 4 is 5.91 Å². The fourth-order valence-electron chi connectivity index (χ4n) is 1.91. The van der Waals surface area contributed by atoms with E-state index < -0.39 is 0 Å². The summed E-state index contributed by atoms with van der Waals surface area (Å²) in [6.07, 6.45) is 3.38. The van der Waals surface area contributed by atoms with Crippen molar-refractivity contribution in [3.8, 4) is 11.3 Å². The average molecular weight is 267 g/mol. The number of hydrogen-bond donors (Lipinski definition) is 1. The van der Waals surface area contributed by atoms with Crippen LogP contribution in [-0.2, 0) is 0 Å². The smallest absolute Gasteiger partial charge is 0.272 e. The van der Waals surface area contributed by atoms with Crippen LogP contribution < -0.4 is 0 Å². The zero-order valence-corrected chi connectivity index (χ0v) is 11.2. The van der Waals surface area contributed by atoms with E-state index in [9.17, 15) is 4.79 Å². The molecule has 4 nitrogen and oxygen atoms in total. The van der Waals surface area contributed by atoms with E-state index in [1.807, 2.05) is 30.3 Å². The second-order valence-corrected chi connectivity index (χ2v) is 4.32. The first-order valence-corrected chi connectivity index (χ1v) is 6.38. The van der Waals surface area contributed by atoms with Crippen LogP contribution in [0.2, 0.25) is 0 Å². The number of amides is 1. The third-order valence-corrected chi connectivity index (χ3v) is 2.86. The van der Waals surface area contributed by atoms with E-state index in [2.05, 4.69) is 23.4 Å². The molecule has 0 aliphatic carbocycles. The molecule has 0 saturated carbocycles. The lowest BCUT2D eigenvalue weighted by atomic mass is 10.1. The Morgan fingerprint density at radius 3 is 2.45 bits per heavy atom. The molecule has 0 saturated heterocycles. The zero-order chi connectivity index (χ0) is 14.4. The molecule has 1 amide bonds. The quantitative estimate of drug-likeness (QED) is 0.818. The number of hydrogen-bond acceptors (Lipinski definition) is 2. The molecule has 1 aromatic carbocycles. The van der Waals surface area contributed by atoms with Gasteiger partial charge in [-0.1, -0.05) is 42.5 Å². The highest BCUT2D eigenvalue weighted by Gasteiger charge is 2.16. The van der Waals surface area contributed by atoms with E-state index in [4.69, 9.17) is 0 Å². The van der Waals surface area contributed by atoms with E-state index in [0.717, 1.165) is 11.3 Å². The minimum absolute atomic E-state index is 0.112. The highest BCUT2D eigenvalue weighted by molar-refractivity contribution is 5.93. The first-order chi connectivity index (χ1) is 9.76. The summed E-state index contributed by atoms with van der Waals surface area (Å²) in [4.78, 5) is 14.0. The first-order valence-electron chi connectivity index (χ1n) is 6.38. The van der Waals surface area contributed by atoms with Gasteiger partial charge < -0.3 is 4.90 Å². The van der Waals surface area contributed by atoms with Gasteiger partial charge in [0, 0.05) is 18.7 Å². The molecule has 0 spiro atoms. The number of carbonyl (C=O) groups is 1. The molecule has 2 aromatic rings. The number of carbonyl (C=O) groups excluding carboxylic acids is 1. The van der Waals surface area contributed by atoms with Crippen molar-refractivity contribution < 1.29 is 4.79 Å². The summed E-state index contributed by atoms with van der Waals surface area (Å²) in [5.41, 5.74) is 2.19. The van der Waals surface area contributed by atoms with Gasteiger partial charge in [0.1, 0.15) is 5.69 Å². The van der Waals surface area contributed by atoms with Gasteiger partial charge in [-0.15, -0.1) is 13.2 Å². The third kappa shape index (κ3) is 3.03. The van der Waals surface area contributed by atoms with Crippen molar-refractivity contribution in [2.75, 3.05) is 13.1 Å². The van der Waals surface area contributed by atoms with Gasteiger partial charge in [-0.3, -0.25) is 9.89 Å². The molecule has 0 radical (unpaired) electrons. The largest absolute Gasteiger partial charge is 0.330 e. The molecule has 20 heavy (non-hydrogen) atoms. The Labute approximate surface area is 118 Å². The zero-order valence-electron chi connectivity index (χ0n) is 11.2. The molecule has 2 rings (SSSR count). The Morgan fingerprint density at radius 2 is 1.85 bits per heavy atom. The second kappa shape index (κ2) is 6.52. The van der Waals surface area contributed by atoms with Crippen molar-refractivity contribution in [3.63, 3.8) is 0 Å². The van der Waals surface area contributed by atoms with Crippen LogP contribution in [0, 0.1) is 0 Å². The number of H-pyrrole nitrogens is 1. The molecule has 4 heteroatoms. The van der Waals surface area contributed by atoms with Gasteiger partial charge in [0.15, 0.2) is 0 Å². The normalized spacial score (nSPS) is 10.0. The number of aromatic amines is 1. The van der Waals surface area contributed by atoms with E-state index in [0.29, 0.717) is 18.8 Å². The fraction of sp³-hybridized carbons (Fsp3) is 0.125. The summed E-state index contributed by atoms with van der Waals surface area (Å²) >= 11 is 0. The lowest BCUT2D eigenvalue weighted by Crippen LogP contribution is -2.31. The molecule has 0 aliphatic rings. The molecule has 0 atom stereocenters. The maximum atomic E-state index is 12.3. The summed E-state index contributed by atoms with van der Waals surface area (Å²) in [5.74, 6) is -0.112. The van der Waals surface area contributed by atoms with E-state index in [-0.39, 0.29) is 5.91 Å². The predicted octanol–water partition coefficient (Wildman–Crippen LogP) is 2.89. The van der Waals surface area contributed by atoms with Crippen LogP contribution in [0.1, 0.15) is 10.5 Å². The highest BCUT2D eigenvalue weighted by Crippen LogP contribution is 2.17. The third-order valence-electron chi connectivity index (χ3n) is 2.86. The van der Waals surface area contributed by atoms with Crippen LogP contribution in [0.25, 0.3) is 11.3 Å². The number of rotatable bonds is 6. The standard InChI is InChI=1S/C16H17N3O/c1-3-10-19(11-4-2)16(20)15-12-14(17-18-15)13-8-6-5-7-9-13/h3-9,12H,1-2,10-11H2,(H,17,18). The molecule has 0 fully saturated rings. The summed E-state index contributed by atoms with van der Waals surface area (Å²) in [7, 11) is 0. The number of aromatic nitrogens is 2. The summed E-state index contributed by atoms with van der Waals surface area (Å²) < 4.78 is 0. The maximum Gasteiger partial charge on any atom is 0.272 e. The Balaban J connectivity index is 2.21. The lowest BCUT2D eigenvalue weighted by Gasteiger charge is -2.17. The molecule has 1 aromatic heterocycles. The van der Waals surface area contributed by atoms with Crippen LogP contribution in [0.15, 0.2) is 61.7 Å². The number of nitrogens with zero attached hydrogens (tertiary/aromatic N) is 2. The summed E-state index contributed by atoms with van der Waals surface area (Å²) in [6, 6.07) is 11.5. The molecule has 1 N–H and O–H groups in total. The Hall–Kier alpha value is -2.62. The molecule has 0 bridgehead atoms. The average Bonchev–Trinajstić information content (AvgIpc) is 2.97. The fourth-order valence-corrected chi connectivity index (χ4v) is 1.91. The summed E-state index contributed by atoms with van der Waals surface area (Å²) in [6.45, 7) is 8.27. The van der Waals surface area contributed by atoms with Gasteiger partial charge in [0.05, 0.1) is 5.69 Å². The molecule has 102 valence electrons. The number of benzene rings is 1. The maximum absolute atomic E-state index is 12.3. The van der Waals surface area contributed by atoms with Crippen molar-refractivity contribution in [3.05, 3.63) is 67.4 Å². The van der Waals surface area contributed by atoms with Crippen molar-refractivity contribution in [2.45, 2.75) is 0 Å². The van der Waals surface area contributed by atoms with E-state index in [1.165, 1.54) is 0 Å². The predicted molar refractivity (Wildman–Crippen MR) is 80.3 cm³/mol. The van der Waals surface area contributed by atoms with Gasteiger partial charge in [-0.25, -0.2) is 0 Å². The molecular weight excluding hydrogens is 250 g/mol. The van der Waals surface area contributed by atoms with Gasteiger partial charge in [0.25, 0.3) is 5.91 Å². The van der Waals surface area contributed by atoms with Gasteiger partial charge in [0.2, 0.25) is 0 Å². The van der Waals surface area contributed by atoms with E-state index in [1.54, 1.807) is 23.1 Å². The topological polar surface area (TPSA) is 49.0 Å². The molecular formula is C16H17N3O. The van der Waals surface area contributed by atoms with Gasteiger partial charge in [-0.2, -0.15) is 5.10 Å². The minimum Gasteiger partial charge on any atom is -0.330 e. The van der Waals surface area contributed by atoms with Gasteiger partial charge >= 0.3 is 0 Å². The second-order valence-electron chi connectivity index (χ2n) is 4.32. The van der Waals surface area contributed by atoms with Crippen LogP contribution in [0.4, 0.5) is 0 Å². The van der Waals surface area contributed by atoms with Crippen LogP contribution in [-0.4, -0.2) is 34.1 Å². The van der Waals surface area contributed by atoms with Crippen LogP contribution in [0.5, 0.6) is 0 Å². The Kier molecular flexibility index (Phi) is 4.50. The van der Waals surface area contributed by atoms with Gasteiger partial charge in [-0.05, 0) is 6.07 Å². The first kappa shape index (κ1) is 13.8. The lowest BCUT2D eigenvalue weighted by molar-refractivity contribution is 0.0785. The Morgan fingerprint density at radius 1 is 1.20 bits per heavy atom. The van der Waals surface area contributed by atoms with E-state index >= 15 is 0 Å². The SMILES string of the molecule is C=CCN(CC=C)C(=O)c1cc(-c2ccccc2)n[nH]1. The van der Waals surface area contributed by atoms with Crippen LogP contribution >= 0.6 is 0 Å². The molecule has 1 heterocycles. The van der Waals surface area contributed by atoms with Crippen LogP contribution in [0.3, 0.4) is 0 Å². The minimum atomic E-state index is -0.112. The summed E-state index contributed by atoms with van der Waals surface area (Å²) in [5, 5.41) is 6.98. The number of nitrogens with one attached hydrogen (secondary N) is 1. The molecule has 0 unspecified atom stereocenters.